The zero-order valence-electron chi connectivity index (χ0n) is 6.57. The maximum atomic E-state index is 11.4. The number of nitrogens with one attached hydrogen (secondary N) is 1. The molecule has 5 heteroatoms. The van der Waals surface area contributed by atoms with Crippen LogP contribution in [0.4, 0.5) is 5.69 Å². The van der Waals surface area contributed by atoms with Crippen LogP contribution in [0.25, 0.3) is 0 Å². The van der Waals surface area contributed by atoms with E-state index in [0.29, 0.717) is 11.4 Å². The third kappa shape index (κ3) is 2.34. The van der Waals surface area contributed by atoms with Crippen molar-refractivity contribution in [3.05, 3.63) is 12.4 Å². The van der Waals surface area contributed by atoms with Gasteiger partial charge in [-0.3, -0.25) is 5.10 Å². The van der Waals surface area contributed by atoms with Crippen LogP contribution >= 0.6 is 0 Å². The fourth-order valence-corrected chi connectivity index (χ4v) is 1.26. The SMILES string of the molecule is CC[S@](C)(=O)=Nc1cn[nH]c1. The van der Waals surface area contributed by atoms with Gasteiger partial charge in [-0.25, -0.2) is 4.21 Å². The lowest BCUT2D eigenvalue weighted by molar-refractivity contribution is 0.681. The Balaban J connectivity index is 3.00. The molecule has 0 unspecified atom stereocenters. The Morgan fingerprint density at radius 2 is 2.55 bits per heavy atom. The first kappa shape index (κ1) is 8.26. The molecule has 0 saturated carbocycles. The van der Waals surface area contributed by atoms with E-state index in [4.69, 9.17) is 0 Å². The van der Waals surface area contributed by atoms with Crippen molar-refractivity contribution in [3.63, 3.8) is 0 Å². The molecule has 0 radical (unpaired) electrons. The summed E-state index contributed by atoms with van der Waals surface area (Å²) in [5.41, 5.74) is 0.652. The minimum atomic E-state index is -2.03. The molecule has 4 nitrogen and oxygen atoms in total. The fraction of sp³-hybridized carbons (Fsp3) is 0.500. The molecule has 0 saturated heterocycles. The van der Waals surface area contributed by atoms with Crippen molar-refractivity contribution in [1.82, 2.24) is 10.2 Å². The highest BCUT2D eigenvalue weighted by Gasteiger charge is 1.97. The van der Waals surface area contributed by atoms with E-state index in [0.717, 1.165) is 0 Å². The van der Waals surface area contributed by atoms with Crippen molar-refractivity contribution in [1.29, 1.82) is 0 Å². The van der Waals surface area contributed by atoms with Gasteiger partial charge < -0.3 is 0 Å². The van der Waals surface area contributed by atoms with E-state index in [1.807, 2.05) is 6.92 Å². The van der Waals surface area contributed by atoms with Gasteiger partial charge in [0, 0.05) is 27.9 Å². The van der Waals surface area contributed by atoms with Crippen LogP contribution in [-0.4, -0.2) is 26.4 Å². The maximum Gasteiger partial charge on any atom is 0.111 e. The van der Waals surface area contributed by atoms with Gasteiger partial charge in [0.15, 0.2) is 0 Å². The van der Waals surface area contributed by atoms with Crippen molar-refractivity contribution < 1.29 is 4.21 Å². The minimum Gasteiger partial charge on any atom is -0.283 e. The van der Waals surface area contributed by atoms with E-state index >= 15 is 0 Å². The zero-order chi connectivity index (χ0) is 8.32. The van der Waals surface area contributed by atoms with E-state index < -0.39 is 9.73 Å². The van der Waals surface area contributed by atoms with E-state index in [9.17, 15) is 4.21 Å². The average molecular weight is 173 g/mol. The lowest BCUT2D eigenvalue weighted by atomic mass is 10.6. The number of aromatic nitrogens is 2. The van der Waals surface area contributed by atoms with Crippen molar-refractivity contribution in [3.8, 4) is 0 Å². The maximum absolute atomic E-state index is 11.4. The number of rotatable bonds is 2. The highest BCUT2D eigenvalue weighted by atomic mass is 32.2. The first-order chi connectivity index (χ1) is 5.14. The lowest BCUT2D eigenvalue weighted by Gasteiger charge is -1.95. The van der Waals surface area contributed by atoms with E-state index in [1.54, 1.807) is 18.6 Å². The average Bonchev–Trinajstić information content (AvgIpc) is 2.39. The van der Waals surface area contributed by atoms with Gasteiger partial charge in [-0.1, -0.05) is 6.92 Å². The smallest absolute Gasteiger partial charge is 0.111 e. The molecule has 0 spiro atoms. The summed E-state index contributed by atoms with van der Waals surface area (Å²) in [6.45, 7) is 1.85. The normalized spacial score (nSPS) is 15.8. The molecule has 11 heavy (non-hydrogen) atoms. The quantitative estimate of drug-likeness (QED) is 0.729. The molecule has 1 aromatic rings. The summed E-state index contributed by atoms with van der Waals surface area (Å²) in [6, 6.07) is 0. The van der Waals surface area contributed by atoms with Gasteiger partial charge in [0.1, 0.15) is 5.69 Å². The second-order valence-corrected chi connectivity index (χ2v) is 4.97. The molecule has 0 aromatic carbocycles. The van der Waals surface area contributed by atoms with Crippen LogP contribution in [0.5, 0.6) is 0 Å². The number of hydrogen-bond donors (Lipinski definition) is 1. The lowest BCUT2D eigenvalue weighted by Crippen LogP contribution is -1.97. The van der Waals surface area contributed by atoms with Gasteiger partial charge in [0.25, 0.3) is 0 Å². The Bertz CT molecular complexity index is 322. The zero-order valence-corrected chi connectivity index (χ0v) is 7.39. The first-order valence-electron chi connectivity index (χ1n) is 3.32. The van der Waals surface area contributed by atoms with Crippen LogP contribution in [0, 0.1) is 0 Å². The van der Waals surface area contributed by atoms with Gasteiger partial charge in [-0.2, -0.15) is 9.46 Å². The van der Waals surface area contributed by atoms with Gasteiger partial charge in [0.2, 0.25) is 0 Å². The molecule has 0 fully saturated rings. The highest BCUT2D eigenvalue weighted by Crippen LogP contribution is 2.09. The predicted octanol–water partition coefficient (Wildman–Crippen LogP) is 1.16. The van der Waals surface area contributed by atoms with Gasteiger partial charge in [-0.15, -0.1) is 0 Å². The molecular weight excluding hydrogens is 162 g/mol. The Labute approximate surface area is 66.2 Å². The Morgan fingerprint density at radius 1 is 1.82 bits per heavy atom. The molecule has 1 rings (SSSR count). The second kappa shape index (κ2) is 3.04. The minimum absolute atomic E-state index is 0.568. The van der Waals surface area contributed by atoms with Gasteiger partial charge in [0.05, 0.1) is 6.20 Å². The van der Waals surface area contributed by atoms with Crippen LogP contribution < -0.4 is 0 Å². The summed E-state index contributed by atoms with van der Waals surface area (Å²) in [6.07, 6.45) is 4.82. The largest absolute Gasteiger partial charge is 0.283 e. The summed E-state index contributed by atoms with van der Waals surface area (Å²) in [5, 5.41) is 6.30. The Hall–Kier alpha value is -0.840. The summed E-state index contributed by atoms with van der Waals surface area (Å²) < 4.78 is 15.4. The summed E-state index contributed by atoms with van der Waals surface area (Å²) in [7, 11) is -2.03. The molecule has 62 valence electrons. The van der Waals surface area contributed by atoms with Crippen molar-refractivity contribution in [2.75, 3.05) is 12.0 Å². The number of hydrogen-bond acceptors (Lipinski definition) is 3. The summed E-state index contributed by atoms with van der Waals surface area (Å²) in [4.78, 5) is 0. The molecule has 1 heterocycles. The van der Waals surface area contributed by atoms with Crippen LogP contribution in [-0.2, 0) is 9.73 Å². The molecule has 1 aromatic heterocycles. The third-order valence-corrected chi connectivity index (χ3v) is 2.99. The van der Waals surface area contributed by atoms with Crippen LogP contribution in [0.2, 0.25) is 0 Å². The molecule has 1 atom stereocenters. The molecular formula is C6H11N3OS. The van der Waals surface area contributed by atoms with E-state index in [1.165, 1.54) is 0 Å². The Morgan fingerprint density at radius 3 is 3.00 bits per heavy atom. The van der Waals surface area contributed by atoms with Crippen LogP contribution in [0.15, 0.2) is 16.8 Å². The second-order valence-electron chi connectivity index (χ2n) is 2.30. The topological polar surface area (TPSA) is 58.1 Å². The Kier molecular flexibility index (Phi) is 2.28. The molecule has 0 bridgehead atoms. The highest BCUT2D eigenvalue weighted by molar-refractivity contribution is 7.93. The predicted molar refractivity (Wildman–Crippen MR) is 45.3 cm³/mol. The number of H-pyrrole nitrogens is 1. The van der Waals surface area contributed by atoms with Gasteiger partial charge >= 0.3 is 0 Å². The molecule has 1 N–H and O–H groups in total. The van der Waals surface area contributed by atoms with Crippen molar-refractivity contribution in [2.45, 2.75) is 6.92 Å². The van der Waals surface area contributed by atoms with Crippen molar-refractivity contribution in [2.24, 2.45) is 4.36 Å². The molecule has 0 aliphatic rings. The van der Waals surface area contributed by atoms with Crippen molar-refractivity contribution >= 4 is 15.4 Å². The van der Waals surface area contributed by atoms with E-state index in [2.05, 4.69) is 14.6 Å². The summed E-state index contributed by atoms with van der Waals surface area (Å²) in [5.74, 6) is 0.568. The van der Waals surface area contributed by atoms with Crippen LogP contribution in [0.3, 0.4) is 0 Å². The molecule has 0 aliphatic carbocycles. The number of aromatic amines is 1. The standard InChI is InChI=1S/C6H11N3OS/c1-3-11(2,10)9-6-4-7-8-5-6/h4-5H,3H2,1-2H3,(H,7,8)/t11-/m0/s1. The third-order valence-electron chi connectivity index (χ3n) is 1.32. The fourth-order valence-electron chi connectivity index (χ4n) is 0.582. The van der Waals surface area contributed by atoms with Crippen LogP contribution in [0.1, 0.15) is 6.92 Å². The van der Waals surface area contributed by atoms with E-state index in [-0.39, 0.29) is 0 Å². The first-order valence-corrected chi connectivity index (χ1v) is 5.42. The van der Waals surface area contributed by atoms with Gasteiger partial charge in [-0.05, 0) is 0 Å². The monoisotopic (exact) mass is 173 g/mol. The summed E-state index contributed by atoms with van der Waals surface area (Å²) >= 11 is 0. The molecule has 0 aliphatic heterocycles. The number of nitrogens with zero attached hydrogens (tertiary/aromatic N) is 2. The molecule has 0 amide bonds.